The van der Waals surface area contributed by atoms with Gasteiger partial charge >= 0.3 is 0 Å². The first-order valence-electron chi connectivity index (χ1n) is 10.9. The number of ether oxygens (including phenoxy) is 1. The molecule has 5 nitrogen and oxygen atoms in total. The molecule has 0 aliphatic carbocycles. The highest BCUT2D eigenvalue weighted by Crippen LogP contribution is 2.22. The first-order chi connectivity index (χ1) is 13.9. The maximum Gasteiger partial charge on any atom is 0.169 e. The summed E-state index contributed by atoms with van der Waals surface area (Å²) < 4.78 is 8.17. The number of aromatic nitrogens is 2. The molecular weight excluding hydrogens is 348 g/mol. The molecule has 0 amide bonds. The molecule has 1 aromatic carbocycles. The maximum atomic E-state index is 6.18. The zero-order chi connectivity index (χ0) is 19.4. The second kappa shape index (κ2) is 11.5. The molecule has 2 heterocycles. The van der Waals surface area contributed by atoms with Crippen molar-refractivity contribution >= 4 is 5.84 Å². The highest BCUT2D eigenvalue weighted by atomic mass is 16.5. The van der Waals surface area contributed by atoms with Crippen LogP contribution in [-0.2, 0) is 0 Å². The van der Waals surface area contributed by atoms with Gasteiger partial charge in [-0.25, -0.2) is 4.98 Å². The highest BCUT2D eigenvalue weighted by molar-refractivity contribution is 6.02. The fourth-order valence-corrected chi connectivity index (χ4v) is 3.58. The second-order valence-corrected chi connectivity index (χ2v) is 7.52. The van der Waals surface area contributed by atoms with E-state index in [0.29, 0.717) is 0 Å². The van der Waals surface area contributed by atoms with Crippen molar-refractivity contribution in [2.45, 2.75) is 64.7 Å². The molecule has 28 heavy (non-hydrogen) atoms. The molecule has 0 N–H and O–H groups in total. The Balaban J connectivity index is 1.76. The molecule has 0 saturated carbocycles. The Bertz CT molecular complexity index is 703. The minimum absolute atomic E-state index is 0.752. The smallest absolute Gasteiger partial charge is 0.169 e. The van der Waals surface area contributed by atoms with Gasteiger partial charge in [0.05, 0.1) is 12.2 Å². The molecule has 0 atom stereocenters. The van der Waals surface area contributed by atoms with Gasteiger partial charge in [0.25, 0.3) is 0 Å². The monoisotopic (exact) mass is 382 g/mol. The van der Waals surface area contributed by atoms with Crippen LogP contribution >= 0.6 is 0 Å². The van der Waals surface area contributed by atoms with E-state index < -0.39 is 0 Å². The number of nitrogens with zero attached hydrogens (tertiary/aromatic N) is 4. The van der Waals surface area contributed by atoms with Crippen molar-refractivity contribution in [2.75, 3.05) is 19.7 Å². The van der Waals surface area contributed by atoms with Crippen LogP contribution in [-0.4, -0.2) is 40.1 Å². The number of hydrogen-bond donors (Lipinski definition) is 0. The third-order valence-corrected chi connectivity index (χ3v) is 5.20. The van der Waals surface area contributed by atoms with E-state index in [1.54, 1.807) is 6.20 Å². The average molecular weight is 383 g/mol. The molecule has 1 aliphatic heterocycles. The number of hydrazone groups is 1. The third-order valence-electron chi connectivity index (χ3n) is 5.20. The van der Waals surface area contributed by atoms with Gasteiger partial charge in [-0.3, -0.25) is 9.58 Å². The van der Waals surface area contributed by atoms with E-state index in [1.165, 1.54) is 51.4 Å². The van der Waals surface area contributed by atoms with Crippen LogP contribution in [0.25, 0.3) is 0 Å². The molecule has 152 valence electrons. The van der Waals surface area contributed by atoms with Crippen LogP contribution in [0.1, 0.15) is 70.3 Å². The number of rotatable bonds is 9. The predicted molar refractivity (Wildman–Crippen MR) is 115 cm³/mol. The summed E-state index contributed by atoms with van der Waals surface area (Å²) in [5.74, 6) is 1.79. The van der Waals surface area contributed by atoms with E-state index in [-0.39, 0.29) is 0 Å². The zero-order valence-electron chi connectivity index (χ0n) is 17.2. The fourth-order valence-electron chi connectivity index (χ4n) is 3.58. The van der Waals surface area contributed by atoms with Gasteiger partial charge in [0.2, 0.25) is 0 Å². The van der Waals surface area contributed by atoms with Gasteiger partial charge in [0, 0.05) is 25.5 Å². The number of para-hydroxylation sites is 1. The Labute approximate surface area is 169 Å². The van der Waals surface area contributed by atoms with E-state index in [2.05, 4.69) is 35.1 Å². The predicted octanol–water partition coefficient (Wildman–Crippen LogP) is 5.32. The molecule has 0 unspecified atom stereocenters. The van der Waals surface area contributed by atoms with Crippen molar-refractivity contribution in [3.63, 3.8) is 0 Å². The van der Waals surface area contributed by atoms with Crippen LogP contribution < -0.4 is 4.74 Å². The quantitative estimate of drug-likeness (QED) is 0.335. The van der Waals surface area contributed by atoms with Gasteiger partial charge in [-0.05, 0) is 31.4 Å². The van der Waals surface area contributed by atoms with Gasteiger partial charge in [0.15, 0.2) is 5.84 Å². The van der Waals surface area contributed by atoms with E-state index in [9.17, 15) is 0 Å². The minimum Gasteiger partial charge on any atom is -0.493 e. The van der Waals surface area contributed by atoms with Crippen LogP contribution in [0.3, 0.4) is 0 Å². The second-order valence-electron chi connectivity index (χ2n) is 7.52. The van der Waals surface area contributed by atoms with Crippen molar-refractivity contribution in [3.05, 3.63) is 48.5 Å². The Hall–Kier alpha value is -2.30. The van der Waals surface area contributed by atoms with Crippen LogP contribution in [0.4, 0.5) is 0 Å². The summed E-state index contributed by atoms with van der Waals surface area (Å²) in [7, 11) is 0. The normalized spacial score (nSPS) is 15.5. The fraction of sp³-hybridized carbons (Fsp3) is 0.565. The minimum atomic E-state index is 0.752. The summed E-state index contributed by atoms with van der Waals surface area (Å²) in [6.45, 7) is 5.02. The van der Waals surface area contributed by atoms with E-state index in [4.69, 9.17) is 9.84 Å². The summed E-state index contributed by atoms with van der Waals surface area (Å²) in [6, 6.07) is 8.24. The SMILES string of the molecule is CCCCCCCOc1ccccc1C(=NN1CCCCCC1)n1ccnc1. The Morgan fingerprint density at radius 2 is 1.82 bits per heavy atom. The number of benzene rings is 1. The first-order valence-corrected chi connectivity index (χ1v) is 10.9. The molecule has 2 aromatic rings. The summed E-state index contributed by atoms with van der Waals surface area (Å²) in [4.78, 5) is 4.24. The van der Waals surface area contributed by atoms with Crippen LogP contribution in [0.15, 0.2) is 48.1 Å². The highest BCUT2D eigenvalue weighted by Gasteiger charge is 2.15. The summed E-state index contributed by atoms with van der Waals surface area (Å²) in [5, 5.41) is 7.24. The van der Waals surface area contributed by atoms with Gasteiger partial charge in [-0.15, -0.1) is 0 Å². The lowest BCUT2D eigenvalue weighted by Crippen LogP contribution is -2.24. The lowest BCUT2D eigenvalue weighted by molar-refractivity contribution is 0.296. The molecule has 1 fully saturated rings. The average Bonchev–Trinajstić information content (AvgIpc) is 3.13. The van der Waals surface area contributed by atoms with Gasteiger partial charge in [-0.1, -0.05) is 57.6 Å². The Morgan fingerprint density at radius 3 is 2.57 bits per heavy atom. The van der Waals surface area contributed by atoms with E-state index in [1.807, 2.05) is 23.2 Å². The summed E-state index contributed by atoms with van der Waals surface area (Å²) in [6.07, 6.45) is 16.8. The first kappa shape index (κ1) is 20.4. The standard InChI is InChI=1S/C23H34N4O/c1-2-3-4-7-12-19-28-22-14-9-8-13-21(22)23(26-18-15-24-20-26)25-27-16-10-5-6-11-17-27/h8-9,13-15,18,20H,2-7,10-12,16-17,19H2,1H3. The van der Waals surface area contributed by atoms with Crippen LogP contribution in [0.2, 0.25) is 0 Å². The molecule has 1 saturated heterocycles. The van der Waals surface area contributed by atoms with Crippen molar-refractivity contribution in [1.82, 2.24) is 14.6 Å². The number of imidazole rings is 1. The largest absolute Gasteiger partial charge is 0.493 e. The molecule has 1 aliphatic rings. The molecule has 5 heteroatoms. The molecule has 0 radical (unpaired) electrons. The van der Waals surface area contributed by atoms with Gasteiger partial charge in [0.1, 0.15) is 12.1 Å². The molecular formula is C23H34N4O. The van der Waals surface area contributed by atoms with Crippen LogP contribution in [0.5, 0.6) is 5.75 Å². The van der Waals surface area contributed by atoms with Crippen molar-refractivity contribution < 1.29 is 4.74 Å². The number of hydrogen-bond acceptors (Lipinski definition) is 4. The molecule has 1 aromatic heterocycles. The third kappa shape index (κ3) is 6.11. The van der Waals surface area contributed by atoms with Gasteiger partial charge in [-0.2, -0.15) is 5.10 Å². The summed E-state index contributed by atoms with van der Waals surface area (Å²) >= 11 is 0. The van der Waals surface area contributed by atoms with Gasteiger partial charge < -0.3 is 4.74 Å². The van der Waals surface area contributed by atoms with Crippen molar-refractivity contribution in [2.24, 2.45) is 5.10 Å². The topological polar surface area (TPSA) is 42.6 Å². The maximum absolute atomic E-state index is 6.18. The van der Waals surface area contributed by atoms with Crippen molar-refractivity contribution in [1.29, 1.82) is 0 Å². The zero-order valence-corrected chi connectivity index (χ0v) is 17.2. The molecule has 0 bridgehead atoms. The Kier molecular flexibility index (Phi) is 8.41. The lowest BCUT2D eigenvalue weighted by atomic mass is 10.1. The molecule has 0 spiro atoms. The van der Waals surface area contributed by atoms with Crippen LogP contribution in [0, 0.1) is 0 Å². The molecule has 3 rings (SSSR count). The van der Waals surface area contributed by atoms with E-state index >= 15 is 0 Å². The van der Waals surface area contributed by atoms with Crippen molar-refractivity contribution in [3.8, 4) is 5.75 Å². The lowest BCUT2D eigenvalue weighted by Gasteiger charge is -2.20. The number of unbranched alkanes of at least 4 members (excludes halogenated alkanes) is 4. The van der Waals surface area contributed by atoms with E-state index in [0.717, 1.165) is 43.3 Å². The summed E-state index contributed by atoms with van der Waals surface area (Å²) in [5.41, 5.74) is 1.03. The Morgan fingerprint density at radius 1 is 1.04 bits per heavy atom.